The van der Waals surface area contributed by atoms with Gasteiger partial charge in [0.05, 0.1) is 0 Å². The van der Waals surface area contributed by atoms with Crippen molar-refractivity contribution in [3.63, 3.8) is 0 Å². The SMILES string of the molecule is CC1NC(O)NC(=O)C1S(=O)(=O)NCCSCc1c(F)cccc1Cl. The van der Waals surface area contributed by atoms with Crippen molar-refractivity contribution in [3.8, 4) is 0 Å². The van der Waals surface area contributed by atoms with Gasteiger partial charge in [0.25, 0.3) is 0 Å². The van der Waals surface area contributed by atoms with Crippen LogP contribution < -0.4 is 15.4 Å². The van der Waals surface area contributed by atoms with Gasteiger partial charge in [-0.1, -0.05) is 17.7 Å². The van der Waals surface area contributed by atoms with Gasteiger partial charge < -0.3 is 10.4 Å². The molecule has 140 valence electrons. The number of amides is 1. The molecule has 0 radical (unpaired) electrons. The van der Waals surface area contributed by atoms with Gasteiger partial charge in [0, 0.05) is 34.7 Å². The van der Waals surface area contributed by atoms with Gasteiger partial charge in [-0.15, -0.1) is 0 Å². The molecular formula is C14H19ClFN3O4S2. The van der Waals surface area contributed by atoms with E-state index in [0.717, 1.165) is 0 Å². The van der Waals surface area contributed by atoms with Gasteiger partial charge in [-0.3, -0.25) is 10.1 Å². The molecule has 7 nitrogen and oxygen atoms in total. The standard InChI is InChI=1S/C14H19ClFN3O4S2/c1-8-12(13(20)19-14(21)18-8)25(22,23)17-5-6-24-7-9-10(15)3-2-4-11(9)16/h2-4,8,12,14,17-18,21H,5-7H2,1H3,(H,19,20). The van der Waals surface area contributed by atoms with Crippen molar-refractivity contribution >= 4 is 39.3 Å². The van der Waals surface area contributed by atoms with E-state index in [1.54, 1.807) is 6.07 Å². The Kier molecular flexibility index (Phi) is 7.06. The van der Waals surface area contributed by atoms with Crippen LogP contribution in [0, 0.1) is 5.82 Å². The zero-order valence-electron chi connectivity index (χ0n) is 13.3. The van der Waals surface area contributed by atoms with Crippen LogP contribution in [0.4, 0.5) is 4.39 Å². The quantitative estimate of drug-likeness (QED) is 0.483. The number of sulfonamides is 1. The number of aliphatic hydroxyl groups excluding tert-OH is 1. The smallest absolute Gasteiger partial charge is 0.244 e. The minimum Gasteiger partial charge on any atom is -0.361 e. The molecule has 25 heavy (non-hydrogen) atoms. The first-order chi connectivity index (χ1) is 11.7. The van der Waals surface area contributed by atoms with E-state index < -0.39 is 39.4 Å². The summed E-state index contributed by atoms with van der Waals surface area (Å²) >= 11 is 7.24. The number of carbonyl (C=O) groups is 1. The van der Waals surface area contributed by atoms with E-state index in [4.69, 9.17) is 11.6 Å². The molecule has 3 atom stereocenters. The van der Waals surface area contributed by atoms with Crippen LogP contribution in [0.3, 0.4) is 0 Å². The van der Waals surface area contributed by atoms with Crippen LogP contribution in [0.1, 0.15) is 12.5 Å². The summed E-state index contributed by atoms with van der Waals surface area (Å²) in [6, 6.07) is 3.68. The highest BCUT2D eigenvalue weighted by molar-refractivity contribution is 7.98. The summed E-state index contributed by atoms with van der Waals surface area (Å²) in [4.78, 5) is 11.8. The van der Waals surface area contributed by atoms with Crippen LogP contribution in [-0.2, 0) is 20.6 Å². The second kappa shape index (κ2) is 8.65. The third-order valence-corrected chi connectivity index (χ3v) is 6.84. The summed E-state index contributed by atoms with van der Waals surface area (Å²) in [5.74, 6) is -0.487. The molecule has 0 bridgehead atoms. The molecule has 1 aliphatic rings. The number of benzene rings is 1. The number of carbonyl (C=O) groups excluding carboxylic acids is 1. The van der Waals surface area contributed by atoms with E-state index >= 15 is 0 Å². The lowest BCUT2D eigenvalue weighted by Gasteiger charge is -2.32. The molecule has 3 unspecified atom stereocenters. The highest BCUT2D eigenvalue weighted by Gasteiger charge is 2.41. The fourth-order valence-corrected chi connectivity index (χ4v) is 5.28. The third kappa shape index (κ3) is 5.28. The summed E-state index contributed by atoms with van der Waals surface area (Å²) in [6.45, 7) is 1.58. The fraction of sp³-hybridized carbons (Fsp3) is 0.500. The molecule has 1 fully saturated rings. The molecule has 0 aromatic heterocycles. The Morgan fingerprint density at radius 1 is 1.44 bits per heavy atom. The maximum absolute atomic E-state index is 13.6. The van der Waals surface area contributed by atoms with Gasteiger partial charge in [-0.05, 0) is 19.1 Å². The van der Waals surface area contributed by atoms with Crippen molar-refractivity contribution in [2.75, 3.05) is 12.3 Å². The minimum atomic E-state index is -3.92. The highest BCUT2D eigenvalue weighted by Crippen LogP contribution is 2.23. The van der Waals surface area contributed by atoms with Gasteiger partial charge in [-0.25, -0.2) is 17.5 Å². The first kappa shape index (κ1) is 20.4. The lowest BCUT2D eigenvalue weighted by atomic mass is 10.2. The Morgan fingerprint density at radius 3 is 2.80 bits per heavy atom. The van der Waals surface area contributed by atoms with Crippen molar-refractivity contribution in [2.24, 2.45) is 0 Å². The number of rotatable bonds is 7. The molecule has 1 amide bonds. The van der Waals surface area contributed by atoms with E-state index in [2.05, 4.69) is 15.4 Å². The predicted molar refractivity (Wildman–Crippen MR) is 95.0 cm³/mol. The average Bonchev–Trinajstić information content (AvgIpc) is 2.48. The molecule has 1 aromatic rings. The maximum Gasteiger partial charge on any atom is 0.244 e. The Morgan fingerprint density at radius 2 is 2.16 bits per heavy atom. The van der Waals surface area contributed by atoms with E-state index in [0.29, 0.717) is 22.1 Å². The van der Waals surface area contributed by atoms with Crippen LogP contribution in [0.25, 0.3) is 0 Å². The largest absolute Gasteiger partial charge is 0.361 e. The number of halogens is 2. The summed E-state index contributed by atoms with van der Waals surface area (Å²) < 4.78 is 40.5. The van der Waals surface area contributed by atoms with Gasteiger partial charge in [-0.2, -0.15) is 11.8 Å². The Hall–Kier alpha value is -0.910. The van der Waals surface area contributed by atoms with Crippen LogP contribution in [0.2, 0.25) is 5.02 Å². The van der Waals surface area contributed by atoms with Gasteiger partial charge in [0.1, 0.15) is 5.82 Å². The van der Waals surface area contributed by atoms with E-state index in [1.165, 1.54) is 30.8 Å². The van der Waals surface area contributed by atoms with Crippen molar-refractivity contribution in [1.29, 1.82) is 0 Å². The van der Waals surface area contributed by atoms with E-state index in [1.807, 2.05) is 0 Å². The zero-order valence-corrected chi connectivity index (χ0v) is 15.7. The lowest BCUT2D eigenvalue weighted by molar-refractivity contribution is -0.127. The zero-order chi connectivity index (χ0) is 18.6. The van der Waals surface area contributed by atoms with Crippen LogP contribution in [0.15, 0.2) is 18.2 Å². The molecule has 1 heterocycles. The molecule has 11 heteroatoms. The Labute approximate surface area is 154 Å². The second-order valence-electron chi connectivity index (χ2n) is 5.48. The first-order valence-corrected chi connectivity index (χ1v) is 10.5. The first-order valence-electron chi connectivity index (χ1n) is 7.46. The number of hydrogen-bond donors (Lipinski definition) is 4. The monoisotopic (exact) mass is 411 g/mol. The molecule has 0 aliphatic carbocycles. The van der Waals surface area contributed by atoms with Crippen molar-refractivity contribution < 1.29 is 22.7 Å². The number of nitrogens with one attached hydrogen (secondary N) is 3. The summed E-state index contributed by atoms with van der Waals surface area (Å²) in [7, 11) is -3.92. The maximum atomic E-state index is 13.6. The van der Waals surface area contributed by atoms with Gasteiger partial charge >= 0.3 is 0 Å². The van der Waals surface area contributed by atoms with Gasteiger partial charge in [0.15, 0.2) is 11.6 Å². The molecular weight excluding hydrogens is 393 g/mol. The number of aliphatic hydroxyl groups is 1. The predicted octanol–water partition coefficient (Wildman–Crippen LogP) is 0.384. The van der Waals surface area contributed by atoms with Crippen molar-refractivity contribution in [1.82, 2.24) is 15.4 Å². The molecule has 4 N–H and O–H groups in total. The molecule has 1 aliphatic heterocycles. The van der Waals surface area contributed by atoms with Crippen LogP contribution in [-0.4, -0.2) is 49.4 Å². The lowest BCUT2D eigenvalue weighted by Crippen LogP contribution is -2.66. The fourth-order valence-electron chi connectivity index (χ4n) is 2.42. The van der Waals surface area contributed by atoms with E-state index in [-0.39, 0.29) is 6.54 Å². The van der Waals surface area contributed by atoms with Crippen molar-refractivity contribution in [2.45, 2.75) is 30.3 Å². The number of hydrogen-bond acceptors (Lipinski definition) is 6. The minimum absolute atomic E-state index is 0.0815. The third-order valence-electron chi connectivity index (χ3n) is 3.60. The molecule has 0 saturated carbocycles. The molecule has 2 rings (SSSR count). The Bertz CT molecular complexity index is 715. The number of thioether (sulfide) groups is 1. The van der Waals surface area contributed by atoms with Gasteiger partial charge in [0.2, 0.25) is 15.9 Å². The normalized spacial score (nSPS) is 24.2. The Balaban J connectivity index is 1.83. The van der Waals surface area contributed by atoms with Crippen LogP contribution >= 0.6 is 23.4 Å². The molecule has 0 spiro atoms. The second-order valence-corrected chi connectivity index (χ2v) is 8.88. The topological polar surface area (TPSA) is 108 Å². The molecule has 1 aromatic carbocycles. The van der Waals surface area contributed by atoms with E-state index in [9.17, 15) is 22.7 Å². The summed E-state index contributed by atoms with van der Waals surface area (Å²) in [6.07, 6.45) is -1.27. The average molecular weight is 412 g/mol. The van der Waals surface area contributed by atoms with Crippen LogP contribution in [0.5, 0.6) is 0 Å². The molecule has 1 saturated heterocycles. The highest BCUT2D eigenvalue weighted by atomic mass is 35.5. The summed E-state index contributed by atoms with van der Waals surface area (Å²) in [5.41, 5.74) is 0.371. The van der Waals surface area contributed by atoms with Crippen molar-refractivity contribution in [3.05, 3.63) is 34.6 Å². The summed E-state index contributed by atoms with van der Waals surface area (Å²) in [5, 5.41) is 13.0.